The summed E-state index contributed by atoms with van der Waals surface area (Å²) in [6.07, 6.45) is -1.99. The third-order valence-electron chi connectivity index (χ3n) is 9.35. The number of nitrogens with one attached hydrogen (secondary N) is 1. The average Bonchev–Trinajstić information content (AvgIpc) is 3.22. The van der Waals surface area contributed by atoms with Gasteiger partial charge >= 0.3 is 5.97 Å². The Morgan fingerprint density at radius 3 is 1.82 bits per heavy atom. The van der Waals surface area contributed by atoms with Crippen molar-refractivity contribution in [3.63, 3.8) is 0 Å². The molecule has 2 saturated heterocycles. The molecule has 4 aromatic carbocycles. The van der Waals surface area contributed by atoms with Gasteiger partial charge in [-0.15, -0.1) is 0 Å². The Morgan fingerprint density at radius 2 is 1.26 bits per heavy atom. The molecule has 1 unspecified atom stereocenters. The number of benzene rings is 4. The molecule has 302 valence electrons. The summed E-state index contributed by atoms with van der Waals surface area (Å²) in [4.78, 5) is 12.8. The molecule has 13 heteroatoms. The van der Waals surface area contributed by atoms with Crippen molar-refractivity contribution >= 4 is 46.7 Å². The van der Waals surface area contributed by atoms with Gasteiger partial charge in [0.05, 0.1) is 33.0 Å². The minimum Gasteiger partial charge on any atom is -0.469 e. The summed E-state index contributed by atoms with van der Waals surface area (Å²) >= 11 is 17.9. The molecular weight excluding hydrogens is 793 g/mol. The first-order chi connectivity index (χ1) is 27.6. The van der Waals surface area contributed by atoms with Crippen molar-refractivity contribution in [3.8, 4) is 0 Å². The van der Waals surface area contributed by atoms with Gasteiger partial charge in [-0.25, -0.2) is 0 Å². The van der Waals surface area contributed by atoms with Gasteiger partial charge in [0.15, 0.2) is 18.5 Å². The van der Waals surface area contributed by atoms with Crippen molar-refractivity contribution in [2.75, 3.05) is 13.2 Å². The van der Waals surface area contributed by atoms with E-state index in [0.717, 1.165) is 22.3 Å². The molecule has 10 nitrogen and oxygen atoms in total. The molecule has 0 amide bonds. The van der Waals surface area contributed by atoms with E-state index in [1.807, 2.05) is 127 Å². The highest BCUT2D eigenvalue weighted by atomic mass is 35.6. The molecule has 0 aliphatic carbocycles. The third-order valence-corrected chi connectivity index (χ3v) is 9.86. The fraction of sp³-hybridized carbons (Fsp3) is 0.364. The Kier molecular flexibility index (Phi) is 16.0. The number of ether oxygens (including phenoxy) is 8. The number of halogens is 3. The second-order valence-electron chi connectivity index (χ2n) is 13.6. The lowest BCUT2D eigenvalue weighted by molar-refractivity contribution is -0.265. The van der Waals surface area contributed by atoms with Crippen LogP contribution in [-0.4, -0.2) is 71.6 Å². The van der Waals surface area contributed by atoms with Gasteiger partial charge in [0.1, 0.15) is 30.5 Å². The van der Waals surface area contributed by atoms with Crippen molar-refractivity contribution in [2.24, 2.45) is 0 Å². The van der Waals surface area contributed by atoms with Crippen molar-refractivity contribution in [3.05, 3.63) is 156 Å². The number of carbonyl (C=O) groups excluding carboxylic acids is 1. The molecule has 0 spiro atoms. The normalized spacial score (nSPS) is 25.2. The summed E-state index contributed by atoms with van der Waals surface area (Å²) in [5.74, 6) is -1.06. The molecule has 57 heavy (non-hydrogen) atoms. The molecule has 1 N–H and O–H groups in total. The minimum atomic E-state index is -2.08. The van der Waals surface area contributed by atoms with Crippen molar-refractivity contribution < 1.29 is 42.7 Å². The molecule has 6 rings (SSSR count). The van der Waals surface area contributed by atoms with Gasteiger partial charge in [-0.2, -0.15) is 0 Å². The van der Waals surface area contributed by atoms with Gasteiger partial charge in [-0.1, -0.05) is 168 Å². The number of carbonyl (C=O) groups is 1. The fourth-order valence-corrected chi connectivity index (χ4v) is 6.74. The number of hydrogen-bond acceptors (Lipinski definition) is 10. The largest absolute Gasteiger partial charge is 0.469 e. The van der Waals surface area contributed by atoms with Crippen LogP contribution in [0.25, 0.3) is 0 Å². The van der Waals surface area contributed by atoms with E-state index in [-0.39, 0.29) is 32.8 Å². The summed E-state index contributed by atoms with van der Waals surface area (Å²) in [5, 5.41) is 8.21. The Labute approximate surface area is 348 Å². The van der Waals surface area contributed by atoms with Gasteiger partial charge in [-0.05, 0) is 23.1 Å². The summed E-state index contributed by atoms with van der Waals surface area (Å²) in [6, 6.07) is 38.9. The monoisotopic (exact) mass is 837 g/mol. The van der Waals surface area contributed by atoms with Gasteiger partial charge in [0, 0.05) is 12.5 Å². The van der Waals surface area contributed by atoms with Crippen molar-refractivity contribution in [1.82, 2.24) is 0 Å². The maximum Gasteiger partial charge on any atom is 0.303 e. The zero-order valence-corrected chi connectivity index (χ0v) is 33.6. The maximum atomic E-state index is 12.8. The molecule has 8 atom stereocenters. The zero-order valence-electron chi connectivity index (χ0n) is 31.4. The highest BCUT2D eigenvalue weighted by Crippen LogP contribution is 2.35. The van der Waals surface area contributed by atoms with Crippen LogP contribution >= 0.6 is 34.8 Å². The summed E-state index contributed by atoms with van der Waals surface area (Å²) < 4.78 is 48.4. The summed E-state index contributed by atoms with van der Waals surface area (Å²) in [7, 11) is 0. The van der Waals surface area contributed by atoms with Gasteiger partial charge < -0.3 is 37.9 Å². The smallest absolute Gasteiger partial charge is 0.303 e. The van der Waals surface area contributed by atoms with Gasteiger partial charge in [0.2, 0.25) is 5.90 Å². The predicted molar refractivity (Wildman–Crippen MR) is 217 cm³/mol. The second kappa shape index (κ2) is 21.3. The van der Waals surface area contributed by atoms with Crippen molar-refractivity contribution in [1.29, 1.82) is 5.41 Å². The standard InChI is InChI=1S/C44H46Cl3NO9/c1-30(49)54-40-36(24-14-23-35-37(57-43(48)44(45,46)47)29-53-42(56-35)34-21-12-5-13-22-34)55-38(28-50-25-31-15-6-2-7-16-31)39(51-26-32-17-8-3-9-18-32)41(40)52-27-33-19-10-4-11-20-33/h2-23,35-42,48H,24-29H2,1H3/b23-14-,48-43?/t35?,36-,37-,38-,39+,40+,41+,42-/m1/s1. The third kappa shape index (κ3) is 12.8. The van der Waals surface area contributed by atoms with E-state index in [9.17, 15) is 4.79 Å². The highest BCUT2D eigenvalue weighted by Gasteiger charge is 2.49. The molecular formula is C44H46Cl3NO9. The predicted octanol–water partition coefficient (Wildman–Crippen LogP) is 8.87. The van der Waals surface area contributed by atoms with Crippen LogP contribution in [0.5, 0.6) is 0 Å². The van der Waals surface area contributed by atoms with Crippen LogP contribution in [0.2, 0.25) is 0 Å². The van der Waals surface area contributed by atoms with Crippen LogP contribution in [0.1, 0.15) is 41.9 Å². The fourth-order valence-electron chi connectivity index (χ4n) is 6.61. The molecule has 0 radical (unpaired) electrons. The van der Waals surface area contributed by atoms with Crippen LogP contribution in [-0.2, 0) is 62.5 Å². The molecule has 0 saturated carbocycles. The lowest BCUT2D eigenvalue weighted by atomic mass is 9.92. The molecule has 0 aromatic heterocycles. The molecule has 2 aliphatic heterocycles. The number of rotatable bonds is 16. The lowest BCUT2D eigenvalue weighted by Crippen LogP contribution is -2.61. The van der Waals surface area contributed by atoms with Crippen molar-refractivity contribution in [2.45, 2.75) is 86.0 Å². The van der Waals surface area contributed by atoms with Crippen LogP contribution in [0.4, 0.5) is 0 Å². The first-order valence-corrected chi connectivity index (χ1v) is 19.8. The van der Waals surface area contributed by atoms with E-state index in [4.69, 9.17) is 78.1 Å². The first-order valence-electron chi connectivity index (χ1n) is 18.7. The van der Waals surface area contributed by atoms with Crippen LogP contribution < -0.4 is 0 Å². The van der Waals surface area contributed by atoms with E-state index in [1.165, 1.54) is 6.92 Å². The highest BCUT2D eigenvalue weighted by molar-refractivity contribution is 6.76. The Morgan fingerprint density at radius 1 is 0.719 bits per heavy atom. The average molecular weight is 839 g/mol. The summed E-state index contributed by atoms with van der Waals surface area (Å²) in [6.45, 7) is 2.43. The van der Waals surface area contributed by atoms with E-state index >= 15 is 0 Å². The maximum absolute atomic E-state index is 12.8. The number of esters is 1. The lowest BCUT2D eigenvalue weighted by Gasteiger charge is -2.45. The summed E-state index contributed by atoms with van der Waals surface area (Å²) in [5.41, 5.74) is 3.71. The number of alkyl halides is 3. The SMILES string of the molecule is CC(=O)O[C@@H]1[C@@H](OCc2ccccc2)[C@@H](OCc2ccccc2)[C@@H](COCc2ccccc2)O[C@@H]1C/C=C\C1O[C@H](c2ccccc2)OC[C@H]1OC(=N)C(Cl)(Cl)Cl. The quantitative estimate of drug-likeness (QED) is 0.0389. The first kappa shape index (κ1) is 42.8. The Balaban J connectivity index is 1.28. The van der Waals surface area contributed by atoms with Gasteiger partial charge in [-0.3, -0.25) is 10.2 Å². The van der Waals surface area contributed by atoms with E-state index in [1.54, 1.807) is 6.08 Å². The molecule has 2 fully saturated rings. The number of hydrogen-bond donors (Lipinski definition) is 1. The topological polar surface area (TPSA) is 115 Å². The van der Waals surface area contributed by atoms with Crippen LogP contribution in [0.15, 0.2) is 133 Å². The Hall–Kier alpha value is -3.81. The zero-order chi connectivity index (χ0) is 40.0. The van der Waals surface area contributed by atoms with Crippen LogP contribution in [0.3, 0.4) is 0 Å². The Bertz CT molecular complexity index is 1850. The van der Waals surface area contributed by atoms with E-state index in [2.05, 4.69) is 0 Å². The van der Waals surface area contributed by atoms with Crippen LogP contribution in [0, 0.1) is 5.41 Å². The van der Waals surface area contributed by atoms with E-state index < -0.39 is 64.7 Å². The van der Waals surface area contributed by atoms with Gasteiger partial charge in [0.25, 0.3) is 3.79 Å². The molecule has 4 aromatic rings. The second-order valence-corrected chi connectivity index (χ2v) is 15.9. The molecule has 2 heterocycles. The molecule has 2 aliphatic rings. The minimum absolute atomic E-state index is 0.0460. The molecule has 0 bridgehead atoms. The van der Waals surface area contributed by atoms with E-state index in [0.29, 0.717) is 6.61 Å².